The Kier molecular flexibility index (Phi) is 11.7. The molecule has 0 saturated heterocycles. The van der Waals surface area contributed by atoms with Crippen LogP contribution in [-0.2, 0) is 20.8 Å². The highest BCUT2D eigenvalue weighted by molar-refractivity contribution is 5.89. The molecule has 0 fully saturated rings. The minimum atomic E-state index is -1.26. The van der Waals surface area contributed by atoms with E-state index in [0.717, 1.165) is 12.2 Å². The number of carboxylic acids is 2. The molecular weight excluding hydrogens is 432 g/mol. The van der Waals surface area contributed by atoms with Crippen LogP contribution < -0.4 is 15.4 Å². The summed E-state index contributed by atoms with van der Waals surface area (Å²) in [7, 11) is 1.64. The van der Waals surface area contributed by atoms with Crippen molar-refractivity contribution < 1.29 is 39.5 Å². The summed E-state index contributed by atoms with van der Waals surface area (Å²) in [6.07, 6.45) is 1.68. The Morgan fingerprint density at radius 3 is 2.18 bits per heavy atom. The molecule has 33 heavy (non-hydrogen) atoms. The third-order valence-electron chi connectivity index (χ3n) is 4.35. The first-order valence-corrected chi connectivity index (χ1v) is 9.87. The first kappa shape index (κ1) is 27.1. The van der Waals surface area contributed by atoms with Crippen LogP contribution in [0, 0.1) is 0 Å². The van der Waals surface area contributed by atoms with Crippen molar-refractivity contribution in [2.75, 3.05) is 19.0 Å². The van der Waals surface area contributed by atoms with E-state index in [-0.39, 0.29) is 17.5 Å². The fraction of sp³-hybridized carbons (Fsp3) is 0.261. The van der Waals surface area contributed by atoms with E-state index in [1.165, 1.54) is 11.6 Å². The summed E-state index contributed by atoms with van der Waals surface area (Å²) in [6.45, 7) is 2.41. The zero-order valence-electron chi connectivity index (χ0n) is 18.3. The van der Waals surface area contributed by atoms with Crippen LogP contribution in [-0.4, -0.2) is 58.5 Å². The molecule has 0 bridgehead atoms. The number of aromatic hydroxyl groups is 1. The van der Waals surface area contributed by atoms with Crippen LogP contribution >= 0.6 is 0 Å². The fourth-order valence-corrected chi connectivity index (χ4v) is 2.70. The summed E-state index contributed by atoms with van der Waals surface area (Å²) in [5.41, 5.74) is 2.07. The van der Waals surface area contributed by atoms with Crippen molar-refractivity contribution in [2.24, 2.45) is 0 Å². The van der Waals surface area contributed by atoms with E-state index >= 15 is 0 Å². The highest BCUT2D eigenvalue weighted by Gasteiger charge is 2.12. The molecule has 2 aromatic carbocycles. The SMILES string of the molecule is COc1ccc(C[C@@H](C)NC[C@H](O)c2ccc(O)c(NC=O)c2)cc1.O=C(O)C=CC(=O)O. The van der Waals surface area contributed by atoms with Gasteiger partial charge in [0, 0.05) is 24.7 Å². The van der Waals surface area contributed by atoms with Crippen molar-refractivity contribution >= 4 is 24.0 Å². The molecule has 0 spiro atoms. The van der Waals surface area contributed by atoms with Gasteiger partial charge in [-0.05, 0) is 48.7 Å². The number of hydrogen-bond acceptors (Lipinski definition) is 7. The molecule has 6 N–H and O–H groups in total. The second kappa shape index (κ2) is 14.2. The number of carbonyl (C=O) groups excluding carboxylic acids is 1. The topological polar surface area (TPSA) is 165 Å². The van der Waals surface area contributed by atoms with E-state index in [4.69, 9.17) is 14.9 Å². The number of carbonyl (C=O) groups is 3. The van der Waals surface area contributed by atoms with Crippen molar-refractivity contribution in [2.45, 2.75) is 25.5 Å². The lowest BCUT2D eigenvalue weighted by molar-refractivity contribution is -0.134. The van der Waals surface area contributed by atoms with Crippen LogP contribution in [0.2, 0.25) is 0 Å². The van der Waals surface area contributed by atoms with Gasteiger partial charge in [0.15, 0.2) is 0 Å². The van der Waals surface area contributed by atoms with Crippen molar-refractivity contribution in [3.05, 3.63) is 65.7 Å². The van der Waals surface area contributed by atoms with E-state index in [9.17, 15) is 24.6 Å². The van der Waals surface area contributed by atoms with Crippen LogP contribution in [0.1, 0.15) is 24.2 Å². The van der Waals surface area contributed by atoms with Gasteiger partial charge in [0.05, 0.1) is 18.9 Å². The number of aliphatic hydroxyl groups excluding tert-OH is 1. The normalized spacial score (nSPS) is 12.2. The van der Waals surface area contributed by atoms with Gasteiger partial charge in [-0.25, -0.2) is 9.59 Å². The number of amides is 1. The number of benzene rings is 2. The van der Waals surface area contributed by atoms with Crippen LogP contribution in [0.5, 0.6) is 11.5 Å². The highest BCUT2D eigenvalue weighted by atomic mass is 16.5. The molecule has 0 aliphatic heterocycles. The van der Waals surface area contributed by atoms with E-state index in [0.29, 0.717) is 30.7 Å². The Labute approximate surface area is 191 Å². The summed E-state index contributed by atoms with van der Waals surface area (Å²) in [4.78, 5) is 29.6. The highest BCUT2D eigenvalue weighted by Crippen LogP contribution is 2.26. The molecule has 10 heteroatoms. The third-order valence-corrected chi connectivity index (χ3v) is 4.35. The number of carboxylic acid groups (broad SMARTS) is 2. The monoisotopic (exact) mass is 460 g/mol. The fourth-order valence-electron chi connectivity index (χ4n) is 2.70. The van der Waals surface area contributed by atoms with Crippen molar-refractivity contribution in [3.63, 3.8) is 0 Å². The van der Waals surface area contributed by atoms with Crippen LogP contribution in [0.3, 0.4) is 0 Å². The molecule has 1 amide bonds. The number of methoxy groups -OCH3 is 1. The number of phenolic OH excluding ortho intramolecular Hbond substituents is 1. The molecule has 0 radical (unpaired) electrons. The largest absolute Gasteiger partial charge is 0.506 e. The van der Waals surface area contributed by atoms with Crippen LogP contribution in [0.4, 0.5) is 5.69 Å². The van der Waals surface area contributed by atoms with E-state index in [1.807, 2.05) is 31.2 Å². The minimum Gasteiger partial charge on any atom is -0.506 e. The Hall–Kier alpha value is -3.89. The third kappa shape index (κ3) is 10.8. The Balaban J connectivity index is 0.000000582. The molecule has 2 rings (SSSR count). The number of phenols is 1. The number of aliphatic hydroxyl groups is 1. The van der Waals surface area contributed by atoms with Crippen molar-refractivity contribution in [1.29, 1.82) is 0 Å². The summed E-state index contributed by atoms with van der Waals surface area (Å²) in [5.74, 6) is -1.73. The summed E-state index contributed by atoms with van der Waals surface area (Å²) >= 11 is 0. The molecule has 0 aromatic heterocycles. The van der Waals surface area contributed by atoms with Gasteiger partial charge in [0.1, 0.15) is 11.5 Å². The lowest BCUT2D eigenvalue weighted by Crippen LogP contribution is -2.32. The Bertz CT molecular complexity index is 928. The number of hydrogen-bond donors (Lipinski definition) is 6. The van der Waals surface area contributed by atoms with Crippen molar-refractivity contribution in [1.82, 2.24) is 5.32 Å². The van der Waals surface area contributed by atoms with Gasteiger partial charge in [0.25, 0.3) is 0 Å². The van der Waals surface area contributed by atoms with Gasteiger partial charge in [-0.3, -0.25) is 4.79 Å². The van der Waals surface area contributed by atoms with E-state index < -0.39 is 18.0 Å². The average molecular weight is 460 g/mol. The molecule has 0 saturated carbocycles. The predicted molar refractivity (Wildman–Crippen MR) is 121 cm³/mol. The number of anilines is 1. The zero-order chi connectivity index (χ0) is 24.8. The second-order valence-electron chi connectivity index (χ2n) is 6.93. The quantitative estimate of drug-likeness (QED) is 0.167. The van der Waals surface area contributed by atoms with Gasteiger partial charge in [-0.2, -0.15) is 0 Å². The Morgan fingerprint density at radius 1 is 1.06 bits per heavy atom. The maximum Gasteiger partial charge on any atom is 0.328 e. The molecular formula is C23H28N2O8. The summed E-state index contributed by atoms with van der Waals surface area (Å²) < 4.78 is 5.14. The smallest absolute Gasteiger partial charge is 0.328 e. The Morgan fingerprint density at radius 2 is 1.67 bits per heavy atom. The molecule has 10 nitrogen and oxygen atoms in total. The number of nitrogens with one attached hydrogen (secondary N) is 2. The maximum atomic E-state index is 10.5. The second-order valence-corrected chi connectivity index (χ2v) is 6.93. The van der Waals surface area contributed by atoms with Gasteiger partial charge in [0.2, 0.25) is 6.41 Å². The summed E-state index contributed by atoms with van der Waals surface area (Å²) in [6, 6.07) is 12.7. The van der Waals surface area contributed by atoms with Crippen LogP contribution in [0.15, 0.2) is 54.6 Å². The first-order valence-electron chi connectivity index (χ1n) is 9.87. The maximum absolute atomic E-state index is 10.5. The molecule has 0 unspecified atom stereocenters. The molecule has 0 heterocycles. The zero-order valence-corrected chi connectivity index (χ0v) is 18.3. The molecule has 0 aliphatic rings. The predicted octanol–water partition coefficient (Wildman–Crippen LogP) is 1.94. The van der Waals surface area contributed by atoms with Gasteiger partial charge < -0.3 is 35.8 Å². The van der Waals surface area contributed by atoms with Gasteiger partial charge in [-0.15, -0.1) is 0 Å². The first-order chi connectivity index (χ1) is 15.7. The summed E-state index contributed by atoms with van der Waals surface area (Å²) in [5, 5.41) is 41.3. The molecule has 2 aromatic rings. The number of aliphatic carboxylic acids is 2. The molecule has 178 valence electrons. The number of ether oxygens (including phenoxy) is 1. The molecule has 2 atom stereocenters. The van der Waals surface area contributed by atoms with Gasteiger partial charge in [-0.1, -0.05) is 18.2 Å². The van der Waals surface area contributed by atoms with E-state index in [1.54, 1.807) is 19.2 Å². The minimum absolute atomic E-state index is 0.0381. The number of rotatable bonds is 11. The van der Waals surface area contributed by atoms with Crippen LogP contribution in [0.25, 0.3) is 0 Å². The lowest BCUT2D eigenvalue weighted by Gasteiger charge is -2.18. The average Bonchev–Trinajstić information content (AvgIpc) is 2.78. The van der Waals surface area contributed by atoms with Gasteiger partial charge >= 0.3 is 11.9 Å². The van der Waals surface area contributed by atoms with Crippen molar-refractivity contribution in [3.8, 4) is 11.5 Å². The van der Waals surface area contributed by atoms with E-state index in [2.05, 4.69) is 10.6 Å². The molecule has 0 aliphatic carbocycles. The lowest BCUT2D eigenvalue weighted by atomic mass is 10.1. The standard InChI is InChI=1S/C19H24N2O4.C4H4O4/c1-13(9-14-3-6-16(25-2)7-4-14)20-11-19(24)15-5-8-18(23)17(10-15)21-12-22;5-3(6)1-2-4(7)8/h3-8,10,12-13,19-20,23-24H,9,11H2,1-2H3,(H,21,22);1-2H,(H,5,6)(H,7,8)/t13-,19+;/m1./s1.